The van der Waals surface area contributed by atoms with Crippen molar-refractivity contribution in [2.75, 3.05) is 24.7 Å². The molecule has 2 heterocycles. The number of halogens is 1. The summed E-state index contributed by atoms with van der Waals surface area (Å²) >= 11 is 0. The Morgan fingerprint density at radius 2 is 1.68 bits per heavy atom. The first-order valence-corrected chi connectivity index (χ1v) is 11.9. The molecule has 0 unspecified atom stereocenters. The Bertz CT molecular complexity index is 1460. The number of carbonyl (C=O) groups excluding carboxylic acids is 2. The monoisotopic (exact) mass is 516 g/mol. The number of benzene rings is 2. The minimum Gasteiger partial charge on any atom is -0.457 e. The molecular formula is C28H29FN6O3. The average Bonchev–Trinajstić information content (AvgIpc) is 3.29. The van der Waals surface area contributed by atoms with Crippen molar-refractivity contribution in [3.8, 4) is 17.2 Å². The third-order valence-electron chi connectivity index (χ3n) is 5.48. The largest absolute Gasteiger partial charge is 0.457 e. The van der Waals surface area contributed by atoms with Gasteiger partial charge < -0.3 is 15.0 Å². The highest BCUT2D eigenvalue weighted by atomic mass is 19.1. The number of amides is 3. The number of anilines is 2. The Labute approximate surface area is 220 Å². The summed E-state index contributed by atoms with van der Waals surface area (Å²) < 4.78 is 21.2. The minimum absolute atomic E-state index is 0.227. The molecule has 0 aliphatic carbocycles. The number of pyridine rings is 1. The van der Waals surface area contributed by atoms with Crippen molar-refractivity contribution in [2.45, 2.75) is 26.2 Å². The topological polar surface area (TPSA) is 101 Å². The lowest BCUT2D eigenvalue weighted by Crippen LogP contribution is -2.22. The molecule has 0 atom stereocenters. The van der Waals surface area contributed by atoms with Crippen LogP contribution in [0.3, 0.4) is 0 Å². The fourth-order valence-corrected chi connectivity index (χ4v) is 3.48. The van der Waals surface area contributed by atoms with Crippen LogP contribution in [0, 0.1) is 5.82 Å². The molecular weight excluding hydrogens is 487 g/mol. The average molecular weight is 517 g/mol. The van der Waals surface area contributed by atoms with E-state index in [-0.39, 0.29) is 17.0 Å². The van der Waals surface area contributed by atoms with Crippen molar-refractivity contribution in [3.63, 3.8) is 0 Å². The summed E-state index contributed by atoms with van der Waals surface area (Å²) in [6, 6.07) is 17.3. The van der Waals surface area contributed by atoms with Crippen molar-refractivity contribution in [2.24, 2.45) is 0 Å². The SMILES string of the molecule is CN(C)C(=O)c1cc(Oc2ccc(NC(=O)Nc3cc(C(C)(C)C)nn3-c3cccc(F)c3)cc2)ccn1. The van der Waals surface area contributed by atoms with Crippen LogP contribution >= 0.6 is 0 Å². The van der Waals surface area contributed by atoms with E-state index in [1.807, 2.05) is 20.8 Å². The number of aromatic nitrogens is 3. The number of hydrogen-bond acceptors (Lipinski definition) is 5. The third-order valence-corrected chi connectivity index (χ3v) is 5.48. The van der Waals surface area contributed by atoms with Crippen molar-refractivity contribution < 1.29 is 18.7 Å². The number of nitrogens with zero attached hydrogens (tertiary/aromatic N) is 4. The number of ether oxygens (including phenoxy) is 1. The molecule has 10 heteroatoms. The summed E-state index contributed by atoms with van der Waals surface area (Å²) in [7, 11) is 3.30. The van der Waals surface area contributed by atoms with Crippen molar-refractivity contribution >= 4 is 23.4 Å². The number of urea groups is 1. The van der Waals surface area contributed by atoms with Gasteiger partial charge in [0.1, 0.15) is 28.8 Å². The van der Waals surface area contributed by atoms with Crippen LogP contribution in [0.15, 0.2) is 72.9 Å². The molecule has 38 heavy (non-hydrogen) atoms. The maximum Gasteiger partial charge on any atom is 0.324 e. The molecule has 0 aliphatic rings. The first-order chi connectivity index (χ1) is 18.0. The van der Waals surface area contributed by atoms with Gasteiger partial charge in [0.2, 0.25) is 0 Å². The fourth-order valence-electron chi connectivity index (χ4n) is 3.48. The van der Waals surface area contributed by atoms with E-state index in [0.717, 1.165) is 5.69 Å². The summed E-state index contributed by atoms with van der Waals surface area (Å²) in [5.41, 5.74) is 1.75. The zero-order valence-corrected chi connectivity index (χ0v) is 21.8. The maximum absolute atomic E-state index is 13.9. The summed E-state index contributed by atoms with van der Waals surface area (Å²) in [5, 5.41) is 10.2. The van der Waals surface area contributed by atoms with E-state index in [1.54, 1.807) is 68.7 Å². The molecule has 9 nitrogen and oxygen atoms in total. The molecule has 0 saturated heterocycles. The van der Waals surface area contributed by atoms with Gasteiger partial charge in [-0.1, -0.05) is 26.8 Å². The smallest absolute Gasteiger partial charge is 0.324 e. The molecule has 2 aromatic carbocycles. The summed E-state index contributed by atoms with van der Waals surface area (Å²) in [5.74, 6) is 0.752. The van der Waals surface area contributed by atoms with Crippen molar-refractivity contribution in [3.05, 3.63) is 90.1 Å². The van der Waals surface area contributed by atoms with Gasteiger partial charge in [0.15, 0.2) is 0 Å². The second-order valence-electron chi connectivity index (χ2n) is 9.84. The van der Waals surface area contributed by atoms with Crippen LogP contribution < -0.4 is 15.4 Å². The van der Waals surface area contributed by atoms with Gasteiger partial charge in [0, 0.05) is 43.5 Å². The summed E-state index contributed by atoms with van der Waals surface area (Å²) in [6.07, 6.45) is 1.51. The van der Waals surface area contributed by atoms with Gasteiger partial charge in [-0.25, -0.2) is 13.9 Å². The molecule has 4 aromatic rings. The molecule has 2 aromatic heterocycles. The van der Waals surface area contributed by atoms with Crippen LogP contribution in [0.1, 0.15) is 37.0 Å². The lowest BCUT2D eigenvalue weighted by molar-refractivity contribution is 0.0821. The molecule has 0 bridgehead atoms. The molecule has 0 aliphatic heterocycles. The van der Waals surface area contributed by atoms with Gasteiger partial charge in [-0.05, 0) is 48.5 Å². The zero-order valence-electron chi connectivity index (χ0n) is 21.8. The molecule has 0 saturated carbocycles. The Morgan fingerprint density at radius 3 is 2.34 bits per heavy atom. The van der Waals surface area contributed by atoms with Crippen LogP contribution in [0.4, 0.5) is 20.7 Å². The van der Waals surface area contributed by atoms with E-state index in [4.69, 9.17) is 4.74 Å². The molecule has 0 spiro atoms. The molecule has 196 valence electrons. The van der Waals surface area contributed by atoms with E-state index < -0.39 is 11.8 Å². The molecule has 2 N–H and O–H groups in total. The first-order valence-electron chi connectivity index (χ1n) is 11.9. The van der Waals surface area contributed by atoms with Crippen LogP contribution in [-0.4, -0.2) is 45.7 Å². The number of carbonyl (C=O) groups is 2. The quantitative estimate of drug-likeness (QED) is 0.335. The molecule has 0 fully saturated rings. The van der Waals surface area contributed by atoms with Gasteiger partial charge in [-0.3, -0.25) is 15.1 Å². The van der Waals surface area contributed by atoms with E-state index in [2.05, 4.69) is 20.7 Å². The fraction of sp³-hybridized carbons (Fsp3) is 0.214. The Hall–Kier alpha value is -4.73. The predicted octanol–water partition coefficient (Wildman–Crippen LogP) is 5.84. The third kappa shape index (κ3) is 6.33. The van der Waals surface area contributed by atoms with Crippen LogP contribution in [0.2, 0.25) is 0 Å². The highest BCUT2D eigenvalue weighted by Crippen LogP contribution is 2.27. The minimum atomic E-state index is -0.488. The standard InChI is InChI=1S/C28H29FN6O3/c1-28(2,3)24-17-25(35(33-24)20-8-6-7-18(29)15-20)32-27(37)31-19-9-11-21(12-10-19)38-22-13-14-30-23(16-22)26(36)34(4)5/h6-17H,1-5H3,(H2,31,32,37). The van der Waals surface area contributed by atoms with Gasteiger partial charge in [0.05, 0.1) is 11.4 Å². The van der Waals surface area contributed by atoms with E-state index in [1.165, 1.54) is 27.9 Å². The highest BCUT2D eigenvalue weighted by Gasteiger charge is 2.22. The summed E-state index contributed by atoms with van der Waals surface area (Å²) in [4.78, 5) is 30.5. The first kappa shape index (κ1) is 26.3. The Kier molecular flexibility index (Phi) is 7.43. The lowest BCUT2D eigenvalue weighted by Gasteiger charge is -2.14. The number of rotatable bonds is 6. The molecule has 4 rings (SSSR count). The normalized spacial score (nSPS) is 11.1. The van der Waals surface area contributed by atoms with E-state index in [9.17, 15) is 14.0 Å². The van der Waals surface area contributed by atoms with E-state index >= 15 is 0 Å². The Balaban J connectivity index is 1.46. The Morgan fingerprint density at radius 1 is 0.947 bits per heavy atom. The zero-order chi connectivity index (χ0) is 27.4. The van der Waals surface area contributed by atoms with Gasteiger partial charge >= 0.3 is 6.03 Å². The van der Waals surface area contributed by atoms with Gasteiger partial charge in [-0.15, -0.1) is 0 Å². The van der Waals surface area contributed by atoms with Crippen molar-refractivity contribution in [1.29, 1.82) is 0 Å². The number of hydrogen-bond donors (Lipinski definition) is 2. The lowest BCUT2D eigenvalue weighted by atomic mass is 9.92. The van der Waals surface area contributed by atoms with Gasteiger partial charge in [-0.2, -0.15) is 5.10 Å². The molecule has 3 amide bonds. The van der Waals surface area contributed by atoms with Crippen LogP contribution in [-0.2, 0) is 5.41 Å². The summed E-state index contributed by atoms with van der Waals surface area (Å²) in [6.45, 7) is 6.02. The predicted molar refractivity (Wildman–Crippen MR) is 144 cm³/mol. The van der Waals surface area contributed by atoms with Gasteiger partial charge in [0.25, 0.3) is 5.91 Å². The van der Waals surface area contributed by atoms with Crippen LogP contribution in [0.25, 0.3) is 5.69 Å². The molecule has 0 radical (unpaired) electrons. The van der Waals surface area contributed by atoms with Crippen LogP contribution in [0.5, 0.6) is 11.5 Å². The second-order valence-corrected chi connectivity index (χ2v) is 9.84. The van der Waals surface area contributed by atoms with E-state index in [0.29, 0.717) is 28.7 Å². The highest BCUT2D eigenvalue weighted by molar-refractivity contribution is 5.99. The van der Waals surface area contributed by atoms with Crippen molar-refractivity contribution in [1.82, 2.24) is 19.7 Å². The second kappa shape index (κ2) is 10.7. The number of nitrogens with one attached hydrogen (secondary N) is 2. The maximum atomic E-state index is 13.9.